The molecule has 0 saturated carbocycles. The van der Waals surface area contributed by atoms with Crippen LogP contribution in [-0.4, -0.2) is 35.4 Å². The monoisotopic (exact) mass is 265 g/mol. The average Bonchev–Trinajstić information content (AvgIpc) is 2.91. The fourth-order valence-corrected chi connectivity index (χ4v) is 1.79. The molecule has 1 aromatic rings. The Kier molecular flexibility index (Phi) is 8.51. The molecule has 1 aromatic heterocycles. The highest BCUT2D eigenvalue weighted by Gasteiger charge is 1.96. The van der Waals surface area contributed by atoms with E-state index in [4.69, 9.17) is 0 Å². The van der Waals surface area contributed by atoms with Gasteiger partial charge in [0, 0.05) is 32.0 Å². The number of guanidine groups is 1. The normalized spacial score (nSPS) is 11.6. The Balaban J connectivity index is 2.20. The van der Waals surface area contributed by atoms with Crippen molar-refractivity contribution < 1.29 is 0 Å². The summed E-state index contributed by atoms with van der Waals surface area (Å²) in [6.07, 6.45) is 8.78. The second kappa shape index (κ2) is 10.4. The van der Waals surface area contributed by atoms with Crippen LogP contribution in [0.15, 0.2) is 23.5 Å². The van der Waals surface area contributed by atoms with E-state index in [0.29, 0.717) is 0 Å². The topological polar surface area (TPSA) is 54.2 Å². The quantitative estimate of drug-likeness (QED) is 0.408. The van der Waals surface area contributed by atoms with Crippen LogP contribution in [0.2, 0.25) is 0 Å². The molecule has 0 saturated heterocycles. The van der Waals surface area contributed by atoms with Crippen molar-refractivity contribution in [1.29, 1.82) is 0 Å². The minimum atomic E-state index is 0.836. The highest BCUT2D eigenvalue weighted by atomic mass is 15.3. The number of aliphatic imine (C=N–C) groups is 1. The summed E-state index contributed by atoms with van der Waals surface area (Å²) in [6.45, 7) is 7.79. The fourth-order valence-electron chi connectivity index (χ4n) is 1.79. The highest BCUT2D eigenvalue weighted by molar-refractivity contribution is 5.79. The Morgan fingerprint density at radius 2 is 2.11 bits per heavy atom. The third-order valence-electron chi connectivity index (χ3n) is 2.82. The van der Waals surface area contributed by atoms with Crippen molar-refractivity contribution in [2.45, 2.75) is 46.1 Å². The van der Waals surface area contributed by atoms with Crippen LogP contribution in [0.3, 0.4) is 0 Å². The van der Waals surface area contributed by atoms with E-state index in [0.717, 1.165) is 32.1 Å². The molecule has 0 radical (unpaired) electrons. The van der Waals surface area contributed by atoms with E-state index in [1.54, 1.807) is 6.20 Å². The lowest BCUT2D eigenvalue weighted by Gasteiger charge is -2.11. The van der Waals surface area contributed by atoms with Crippen LogP contribution in [0.4, 0.5) is 0 Å². The Labute approximate surface area is 116 Å². The zero-order chi connectivity index (χ0) is 13.8. The molecule has 1 rings (SSSR count). The molecule has 0 aliphatic heterocycles. The number of unbranched alkanes of at least 4 members (excludes halogenated alkanes) is 3. The Morgan fingerprint density at radius 3 is 2.79 bits per heavy atom. The average molecular weight is 265 g/mol. The molecule has 0 atom stereocenters. The van der Waals surface area contributed by atoms with Gasteiger partial charge >= 0.3 is 0 Å². The summed E-state index contributed by atoms with van der Waals surface area (Å²) in [4.78, 5) is 4.57. The molecule has 5 heteroatoms. The lowest BCUT2D eigenvalue weighted by molar-refractivity contribution is 0.597. The second-order valence-corrected chi connectivity index (χ2v) is 4.52. The van der Waals surface area contributed by atoms with E-state index in [1.165, 1.54) is 25.7 Å². The number of nitrogens with zero attached hydrogens (tertiary/aromatic N) is 3. The lowest BCUT2D eigenvalue weighted by Crippen LogP contribution is -2.39. The second-order valence-electron chi connectivity index (χ2n) is 4.52. The number of aromatic nitrogens is 2. The summed E-state index contributed by atoms with van der Waals surface area (Å²) < 4.78 is 1.91. The number of hydrogen-bond acceptors (Lipinski definition) is 2. The van der Waals surface area contributed by atoms with Gasteiger partial charge in [-0.05, 0) is 19.4 Å². The number of hydrogen-bond donors (Lipinski definition) is 2. The van der Waals surface area contributed by atoms with Crippen LogP contribution in [0.5, 0.6) is 0 Å². The SMILES string of the molecule is CCCCCCN=C(NCC)NCCn1cccn1. The van der Waals surface area contributed by atoms with Crippen LogP contribution in [-0.2, 0) is 6.54 Å². The number of rotatable bonds is 9. The smallest absolute Gasteiger partial charge is 0.191 e. The maximum Gasteiger partial charge on any atom is 0.191 e. The van der Waals surface area contributed by atoms with Crippen LogP contribution in [0, 0.1) is 0 Å². The summed E-state index contributed by atoms with van der Waals surface area (Å²) in [6, 6.07) is 1.94. The molecule has 0 spiro atoms. The predicted octanol–water partition coefficient (Wildman–Crippen LogP) is 2.02. The van der Waals surface area contributed by atoms with Crippen molar-refractivity contribution in [2.24, 2.45) is 4.99 Å². The van der Waals surface area contributed by atoms with Crippen LogP contribution < -0.4 is 10.6 Å². The first-order chi connectivity index (χ1) is 9.36. The van der Waals surface area contributed by atoms with E-state index >= 15 is 0 Å². The summed E-state index contributed by atoms with van der Waals surface area (Å²) in [5.74, 6) is 0.908. The van der Waals surface area contributed by atoms with Gasteiger partial charge in [-0.15, -0.1) is 0 Å². The zero-order valence-corrected chi connectivity index (χ0v) is 12.2. The first-order valence-corrected chi connectivity index (χ1v) is 7.36. The first kappa shape index (κ1) is 15.5. The van der Waals surface area contributed by atoms with Gasteiger partial charge in [0.25, 0.3) is 0 Å². The predicted molar refractivity (Wildman–Crippen MR) is 80.4 cm³/mol. The lowest BCUT2D eigenvalue weighted by atomic mass is 10.2. The summed E-state index contributed by atoms with van der Waals surface area (Å²) in [7, 11) is 0. The van der Waals surface area contributed by atoms with Gasteiger partial charge in [-0.3, -0.25) is 9.67 Å². The Hall–Kier alpha value is -1.52. The molecule has 108 valence electrons. The fraction of sp³-hybridized carbons (Fsp3) is 0.714. The molecule has 0 aliphatic rings. The molecule has 1 heterocycles. The van der Waals surface area contributed by atoms with Crippen molar-refractivity contribution in [1.82, 2.24) is 20.4 Å². The summed E-state index contributed by atoms with van der Waals surface area (Å²) in [5.41, 5.74) is 0. The molecule has 0 amide bonds. The molecular formula is C14H27N5. The van der Waals surface area contributed by atoms with Gasteiger partial charge in [0.15, 0.2) is 5.96 Å². The third-order valence-corrected chi connectivity index (χ3v) is 2.82. The standard InChI is InChI=1S/C14H27N5/c1-3-5-6-7-9-16-14(15-4-2)17-11-13-19-12-8-10-18-19/h8,10,12H,3-7,9,11,13H2,1-2H3,(H2,15,16,17). The minimum Gasteiger partial charge on any atom is -0.357 e. The molecule has 0 aromatic carbocycles. The Morgan fingerprint density at radius 1 is 1.21 bits per heavy atom. The maximum atomic E-state index is 4.57. The number of nitrogens with one attached hydrogen (secondary N) is 2. The molecule has 19 heavy (non-hydrogen) atoms. The van der Waals surface area contributed by atoms with E-state index in [9.17, 15) is 0 Å². The van der Waals surface area contributed by atoms with Crippen LogP contribution in [0.25, 0.3) is 0 Å². The Bertz CT molecular complexity index is 332. The zero-order valence-electron chi connectivity index (χ0n) is 12.2. The van der Waals surface area contributed by atoms with E-state index in [1.807, 2.05) is 16.9 Å². The van der Waals surface area contributed by atoms with Gasteiger partial charge < -0.3 is 10.6 Å². The summed E-state index contributed by atoms with van der Waals surface area (Å²) >= 11 is 0. The van der Waals surface area contributed by atoms with Gasteiger partial charge in [0.2, 0.25) is 0 Å². The highest BCUT2D eigenvalue weighted by Crippen LogP contribution is 1.98. The van der Waals surface area contributed by atoms with Crippen LogP contribution >= 0.6 is 0 Å². The molecule has 0 bridgehead atoms. The maximum absolute atomic E-state index is 4.57. The van der Waals surface area contributed by atoms with Crippen molar-refractivity contribution in [3.05, 3.63) is 18.5 Å². The van der Waals surface area contributed by atoms with Crippen molar-refractivity contribution in [2.75, 3.05) is 19.6 Å². The first-order valence-electron chi connectivity index (χ1n) is 7.36. The van der Waals surface area contributed by atoms with Crippen molar-refractivity contribution >= 4 is 5.96 Å². The van der Waals surface area contributed by atoms with Gasteiger partial charge in [-0.1, -0.05) is 26.2 Å². The van der Waals surface area contributed by atoms with Crippen LogP contribution in [0.1, 0.15) is 39.5 Å². The molecule has 0 unspecified atom stereocenters. The minimum absolute atomic E-state index is 0.836. The van der Waals surface area contributed by atoms with Gasteiger partial charge in [-0.25, -0.2) is 0 Å². The third kappa shape index (κ3) is 7.49. The van der Waals surface area contributed by atoms with Gasteiger partial charge in [-0.2, -0.15) is 5.10 Å². The van der Waals surface area contributed by atoms with E-state index < -0.39 is 0 Å². The largest absolute Gasteiger partial charge is 0.357 e. The molecular weight excluding hydrogens is 238 g/mol. The van der Waals surface area contributed by atoms with E-state index in [2.05, 4.69) is 34.6 Å². The van der Waals surface area contributed by atoms with Crippen molar-refractivity contribution in [3.63, 3.8) is 0 Å². The van der Waals surface area contributed by atoms with Gasteiger partial charge in [0.1, 0.15) is 0 Å². The van der Waals surface area contributed by atoms with Gasteiger partial charge in [0.05, 0.1) is 6.54 Å². The molecule has 5 nitrogen and oxygen atoms in total. The molecule has 0 fully saturated rings. The summed E-state index contributed by atoms with van der Waals surface area (Å²) in [5, 5.41) is 10.8. The molecule has 0 aliphatic carbocycles. The molecule has 2 N–H and O–H groups in total. The van der Waals surface area contributed by atoms with Crippen molar-refractivity contribution in [3.8, 4) is 0 Å². The van der Waals surface area contributed by atoms with E-state index in [-0.39, 0.29) is 0 Å².